The molecular weight excluding hydrogens is 393 g/mol. The first kappa shape index (κ1) is 21.0. The minimum absolute atomic E-state index is 0.0168. The van der Waals surface area contributed by atoms with Gasteiger partial charge in [0.25, 0.3) is 0 Å². The third-order valence-corrected chi connectivity index (χ3v) is 6.71. The maximum absolute atomic E-state index is 12.6. The first-order chi connectivity index (χ1) is 12.2. The number of amides is 1. The highest BCUT2D eigenvalue weighted by Gasteiger charge is 2.33. The highest BCUT2D eigenvalue weighted by molar-refractivity contribution is 7.99. The molecule has 1 amide bonds. The lowest BCUT2D eigenvalue weighted by Gasteiger charge is -2.34. The molecule has 6 nitrogen and oxygen atoms in total. The predicted octanol–water partition coefficient (Wildman–Crippen LogP) is 1.26. The number of thioether (sulfide) groups is 1. The summed E-state index contributed by atoms with van der Waals surface area (Å²) in [6, 6.07) is 3.37. The Morgan fingerprint density at radius 1 is 1.12 bits per heavy atom. The summed E-state index contributed by atoms with van der Waals surface area (Å²) < 4.78 is 64.0. The topological polar surface area (TPSA) is 77.9 Å². The number of nitrogens with zero attached hydrogens (tertiary/aromatic N) is 2. The van der Waals surface area contributed by atoms with E-state index in [1.807, 2.05) is 0 Å². The SMILES string of the molecule is O=C(CSCCO)N1CCN(S(=O)(=O)c2ccc(C(F)(F)F)cc2)CC1. The zero-order chi connectivity index (χ0) is 19.4. The highest BCUT2D eigenvalue weighted by Crippen LogP contribution is 2.30. The van der Waals surface area contributed by atoms with E-state index in [1.165, 1.54) is 16.1 Å². The van der Waals surface area contributed by atoms with E-state index in [1.54, 1.807) is 4.90 Å². The Balaban J connectivity index is 1.98. The lowest BCUT2D eigenvalue weighted by molar-refractivity contribution is -0.137. The second kappa shape index (κ2) is 8.59. The summed E-state index contributed by atoms with van der Waals surface area (Å²) in [5.74, 6) is 0.537. The molecule has 26 heavy (non-hydrogen) atoms. The normalized spacial score (nSPS) is 16.7. The second-order valence-electron chi connectivity index (χ2n) is 5.58. The number of aliphatic hydroxyl groups is 1. The van der Waals surface area contributed by atoms with Crippen LogP contribution in [0.4, 0.5) is 13.2 Å². The summed E-state index contributed by atoms with van der Waals surface area (Å²) in [6.45, 7) is 0.591. The minimum Gasteiger partial charge on any atom is -0.396 e. The molecule has 0 aromatic heterocycles. The fourth-order valence-electron chi connectivity index (χ4n) is 2.46. The van der Waals surface area contributed by atoms with E-state index < -0.39 is 21.8 Å². The van der Waals surface area contributed by atoms with Crippen molar-refractivity contribution in [1.29, 1.82) is 0 Å². The van der Waals surface area contributed by atoms with Crippen LogP contribution in [-0.4, -0.2) is 72.9 Å². The number of benzene rings is 1. The molecule has 2 rings (SSSR count). The van der Waals surface area contributed by atoms with Gasteiger partial charge in [0.05, 0.1) is 22.8 Å². The van der Waals surface area contributed by atoms with Crippen molar-refractivity contribution in [2.75, 3.05) is 44.3 Å². The van der Waals surface area contributed by atoms with Gasteiger partial charge in [-0.3, -0.25) is 4.79 Å². The van der Waals surface area contributed by atoms with Crippen LogP contribution in [-0.2, 0) is 21.0 Å². The van der Waals surface area contributed by atoms with Gasteiger partial charge in [0.15, 0.2) is 0 Å². The van der Waals surface area contributed by atoms with Crippen LogP contribution < -0.4 is 0 Å². The Kier molecular flexibility index (Phi) is 6.94. The van der Waals surface area contributed by atoms with Gasteiger partial charge >= 0.3 is 6.18 Å². The summed E-state index contributed by atoms with van der Waals surface area (Å²) in [6.07, 6.45) is -4.53. The van der Waals surface area contributed by atoms with Crippen molar-refractivity contribution in [2.24, 2.45) is 0 Å². The van der Waals surface area contributed by atoms with Crippen molar-refractivity contribution in [3.05, 3.63) is 29.8 Å². The van der Waals surface area contributed by atoms with Crippen LogP contribution in [0.5, 0.6) is 0 Å². The van der Waals surface area contributed by atoms with Gasteiger partial charge in [-0.05, 0) is 24.3 Å². The van der Waals surface area contributed by atoms with Crippen LogP contribution in [0.2, 0.25) is 0 Å². The fourth-order valence-corrected chi connectivity index (χ4v) is 4.51. The van der Waals surface area contributed by atoms with Crippen molar-refractivity contribution >= 4 is 27.7 Å². The van der Waals surface area contributed by atoms with Gasteiger partial charge in [0.2, 0.25) is 15.9 Å². The van der Waals surface area contributed by atoms with Gasteiger partial charge in [0.1, 0.15) is 0 Å². The summed E-state index contributed by atoms with van der Waals surface area (Å²) in [4.78, 5) is 13.3. The minimum atomic E-state index is -4.53. The molecular formula is C15H19F3N2O4S2. The van der Waals surface area contributed by atoms with Crippen molar-refractivity contribution in [1.82, 2.24) is 9.21 Å². The average Bonchev–Trinajstić information content (AvgIpc) is 2.61. The van der Waals surface area contributed by atoms with Gasteiger partial charge in [-0.15, -0.1) is 11.8 Å². The largest absolute Gasteiger partial charge is 0.416 e. The molecule has 0 saturated carbocycles. The first-order valence-electron chi connectivity index (χ1n) is 7.80. The zero-order valence-corrected chi connectivity index (χ0v) is 15.4. The Labute approximate surface area is 154 Å². The van der Waals surface area contributed by atoms with E-state index in [-0.39, 0.29) is 49.3 Å². The number of rotatable bonds is 6. The molecule has 1 aromatic rings. The summed E-state index contributed by atoms with van der Waals surface area (Å²) in [7, 11) is -3.90. The Morgan fingerprint density at radius 3 is 2.19 bits per heavy atom. The van der Waals surface area contributed by atoms with Gasteiger partial charge in [-0.2, -0.15) is 17.5 Å². The smallest absolute Gasteiger partial charge is 0.396 e. The molecule has 146 valence electrons. The first-order valence-corrected chi connectivity index (χ1v) is 10.4. The van der Waals surface area contributed by atoms with Crippen molar-refractivity contribution < 1.29 is 31.5 Å². The third-order valence-electron chi connectivity index (χ3n) is 3.87. The standard InChI is InChI=1S/C15H19F3N2O4S2/c16-15(17,18)12-1-3-13(4-2-12)26(23,24)20-7-5-19(6-8-20)14(22)11-25-10-9-21/h1-4,21H,5-11H2. The van der Waals surface area contributed by atoms with Gasteiger partial charge in [0, 0.05) is 31.9 Å². The second-order valence-corrected chi connectivity index (χ2v) is 8.63. The van der Waals surface area contributed by atoms with E-state index in [0.717, 1.165) is 24.3 Å². The van der Waals surface area contributed by atoms with Gasteiger partial charge in [-0.1, -0.05) is 0 Å². The monoisotopic (exact) mass is 412 g/mol. The molecule has 0 aliphatic carbocycles. The number of hydrogen-bond acceptors (Lipinski definition) is 5. The average molecular weight is 412 g/mol. The molecule has 0 bridgehead atoms. The molecule has 0 radical (unpaired) electrons. The Bertz CT molecular complexity index is 715. The maximum Gasteiger partial charge on any atom is 0.416 e. The maximum atomic E-state index is 12.6. The van der Waals surface area contributed by atoms with E-state index in [2.05, 4.69) is 0 Å². The van der Waals surface area contributed by atoms with Crippen LogP contribution >= 0.6 is 11.8 Å². The van der Waals surface area contributed by atoms with Crippen molar-refractivity contribution in [3.8, 4) is 0 Å². The lowest BCUT2D eigenvalue weighted by Crippen LogP contribution is -2.51. The molecule has 1 aliphatic rings. The molecule has 0 spiro atoms. The number of aliphatic hydroxyl groups excluding tert-OH is 1. The number of piperazine rings is 1. The number of hydrogen-bond donors (Lipinski definition) is 1. The van der Waals surface area contributed by atoms with Crippen LogP contribution in [0.3, 0.4) is 0 Å². The number of alkyl halides is 3. The summed E-state index contributed by atoms with van der Waals surface area (Å²) in [5.41, 5.74) is -0.910. The van der Waals surface area contributed by atoms with Crippen LogP contribution in [0, 0.1) is 0 Å². The molecule has 1 fully saturated rings. The fraction of sp³-hybridized carbons (Fsp3) is 0.533. The van der Waals surface area contributed by atoms with E-state index in [0.29, 0.717) is 5.75 Å². The molecule has 0 unspecified atom stereocenters. The van der Waals surface area contributed by atoms with Crippen molar-refractivity contribution in [2.45, 2.75) is 11.1 Å². The van der Waals surface area contributed by atoms with Crippen LogP contribution in [0.1, 0.15) is 5.56 Å². The van der Waals surface area contributed by atoms with Gasteiger partial charge in [-0.25, -0.2) is 8.42 Å². The predicted molar refractivity (Wildman–Crippen MR) is 91.2 cm³/mol. The molecule has 1 aromatic carbocycles. The lowest BCUT2D eigenvalue weighted by atomic mass is 10.2. The molecule has 1 saturated heterocycles. The van der Waals surface area contributed by atoms with Crippen molar-refractivity contribution in [3.63, 3.8) is 0 Å². The van der Waals surface area contributed by atoms with E-state index in [4.69, 9.17) is 5.11 Å². The third kappa shape index (κ3) is 5.12. The molecule has 11 heteroatoms. The zero-order valence-electron chi connectivity index (χ0n) is 13.8. The Morgan fingerprint density at radius 2 is 1.69 bits per heavy atom. The van der Waals surface area contributed by atoms with E-state index in [9.17, 15) is 26.4 Å². The number of carbonyl (C=O) groups excluding carboxylic acids is 1. The highest BCUT2D eigenvalue weighted by atomic mass is 32.2. The number of carbonyl (C=O) groups is 1. The quantitative estimate of drug-likeness (QED) is 0.712. The molecule has 1 heterocycles. The van der Waals surface area contributed by atoms with E-state index >= 15 is 0 Å². The van der Waals surface area contributed by atoms with Crippen LogP contribution in [0.15, 0.2) is 29.2 Å². The summed E-state index contributed by atoms with van der Waals surface area (Å²) in [5, 5.41) is 8.70. The number of halogens is 3. The molecule has 1 N–H and O–H groups in total. The molecule has 1 aliphatic heterocycles. The summed E-state index contributed by atoms with van der Waals surface area (Å²) >= 11 is 1.30. The number of sulfonamides is 1. The van der Waals surface area contributed by atoms with Crippen LogP contribution in [0.25, 0.3) is 0 Å². The van der Waals surface area contributed by atoms with Gasteiger partial charge < -0.3 is 10.0 Å². The molecule has 0 atom stereocenters. The Hall–Kier alpha value is -1.30.